The molecule has 0 aliphatic carbocycles. The van der Waals surface area contributed by atoms with Crippen molar-refractivity contribution >= 4 is 27.3 Å². The number of carbonyl (C=O) groups excluding carboxylic acids is 1. The smallest absolute Gasteiger partial charge is 0.270 e. The second kappa shape index (κ2) is 8.75. The van der Waals surface area contributed by atoms with E-state index in [4.69, 9.17) is 0 Å². The molecule has 3 rings (SSSR count). The molecule has 0 fully saturated rings. The summed E-state index contributed by atoms with van der Waals surface area (Å²) in [6.45, 7) is 2.22. The molecule has 1 amide bonds. The summed E-state index contributed by atoms with van der Waals surface area (Å²) < 4.78 is 27.8. The summed E-state index contributed by atoms with van der Waals surface area (Å²) in [5.41, 5.74) is 1.84. The number of amides is 1. The molecule has 0 aliphatic rings. The number of rotatable bonds is 7. The molecular weight excluding hydrogens is 406 g/mol. The predicted molar refractivity (Wildman–Crippen MR) is 113 cm³/mol. The van der Waals surface area contributed by atoms with Gasteiger partial charge in [-0.3, -0.25) is 19.6 Å². The van der Waals surface area contributed by atoms with Crippen LogP contribution in [0.2, 0.25) is 0 Å². The van der Waals surface area contributed by atoms with E-state index in [-0.39, 0.29) is 28.4 Å². The van der Waals surface area contributed by atoms with Gasteiger partial charge in [0.25, 0.3) is 21.6 Å². The summed E-state index contributed by atoms with van der Waals surface area (Å²) in [4.78, 5) is 22.7. The number of aryl methyl sites for hydroxylation is 1. The number of nitrogens with one attached hydrogen (secondary N) is 2. The van der Waals surface area contributed by atoms with Gasteiger partial charge in [0.1, 0.15) is 0 Å². The minimum Gasteiger partial charge on any atom is -0.348 e. The van der Waals surface area contributed by atoms with E-state index in [9.17, 15) is 23.3 Å². The van der Waals surface area contributed by atoms with Crippen molar-refractivity contribution in [2.24, 2.45) is 0 Å². The van der Waals surface area contributed by atoms with E-state index < -0.39 is 20.9 Å². The third kappa shape index (κ3) is 4.81. The molecule has 0 atom stereocenters. The maximum Gasteiger partial charge on any atom is 0.270 e. The number of nitrogens with zero attached hydrogens (tertiary/aromatic N) is 1. The maximum absolute atomic E-state index is 12.7. The fraction of sp³-hybridized carbons (Fsp3) is 0.0952. The fourth-order valence-electron chi connectivity index (χ4n) is 2.82. The summed E-state index contributed by atoms with van der Waals surface area (Å²) >= 11 is 0. The summed E-state index contributed by atoms with van der Waals surface area (Å²) in [5, 5.41) is 13.7. The fourth-order valence-corrected chi connectivity index (χ4v) is 3.94. The van der Waals surface area contributed by atoms with Gasteiger partial charge in [0.2, 0.25) is 0 Å². The van der Waals surface area contributed by atoms with Gasteiger partial charge in [0.05, 0.1) is 21.1 Å². The van der Waals surface area contributed by atoms with Crippen LogP contribution in [0.1, 0.15) is 21.5 Å². The lowest BCUT2D eigenvalue weighted by atomic mass is 10.1. The van der Waals surface area contributed by atoms with Crippen LogP contribution < -0.4 is 10.0 Å². The minimum atomic E-state index is -4.13. The Morgan fingerprint density at radius 2 is 1.70 bits per heavy atom. The number of non-ortho nitro benzene ring substituents is 1. The van der Waals surface area contributed by atoms with Crippen molar-refractivity contribution < 1.29 is 18.1 Å². The topological polar surface area (TPSA) is 118 Å². The maximum atomic E-state index is 12.7. The van der Waals surface area contributed by atoms with Crippen molar-refractivity contribution in [3.05, 3.63) is 99.6 Å². The molecule has 3 aromatic rings. The number of hydrogen-bond donors (Lipinski definition) is 2. The minimum absolute atomic E-state index is 0.0753. The van der Waals surface area contributed by atoms with Crippen LogP contribution >= 0.6 is 0 Å². The molecule has 154 valence electrons. The number of nitro groups is 1. The lowest BCUT2D eigenvalue weighted by Gasteiger charge is -2.13. The lowest BCUT2D eigenvalue weighted by Crippen LogP contribution is -2.25. The highest BCUT2D eigenvalue weighted by atomic mass is 32.2. The second-order valence-electron chi connectivity index (χ2n) is 6.51. The first-order valence-corrected chi connectivity index (χ1v) is 10.5. The van der Waals surface area contributed by atoms with E-state index in [1.807, 2.05) is 31.2 Å². The summed E-state index contributed by atoms with van der Waals surface area (Å²) in [5.74, 6) is -0.449. The van der Waals surface area contributed by atoms with Crippen LogP contribution in [0.3, 0.4) is 0 Å². The Balaban J connectivity index is 1.82. The van der Waals surface area contributed by atoms with E-state index in [1.54, 1.807) is 12.1 Å². The second-order valence-corrected chi connectivity index (χ2v) is 8.20. The highest BCUT2D eigenvalue weighted by Crippen LogP contribution is 2.23. The van der Waals surface area contributed by atoms with Crippen LogP contribution in [-0.2, 0) is 16.6 Å². The number of hydrogen-bond acceptors (Lipinski definition) is 5. The Hall–Kier alpha value is -3.72. The first kappa shape index (κ1) is 21.0. The van der Waals surface area contributed by atoms with Gasteiger partial charge < -0.3 is 5.32 Å². The van der Waals surface area contributed by atoms with Gasteiger partial charge in [-0.05, 0) is 36.2 Å². The highest BCUT2D eigenvalue weighted by Gasteiger charge is 2.20. The lowest BCUT2D eigenvalue weighted by molar-refractivity contribution is -0.385. The van der Waals surface area contributed by atoms with E-state index in [1.165, 1.54) is 30.3 Å². The highest BCUT2D eigenvalue weighted by molar-refractivity contribution is 7.92. The van der Waals surface area contributed by atoms with Gasteiger partial charge in [-0.2, -0.15) is 0 Å². The Labute approximate surface area is 173 Å². The Kier molecular flexibility index (Phi) is 6.12. The van der Waals surface area contributed by atoms with E-state index >= 15 is 0 Å². The summed E-state index contributed by atoms with van der Waals surface area (Å²) in [6.07, 6.45) is 0. The van der Waals surface area contributed by atoms with E-state index in [2.05, 4.69) is 10.0 Å². The van der Waals surface area contributed by atoms with Gasteiger partial charge in [0.15, 0.2) is 0 Å². The van der Waals surface area contributed by atoms with Crippen LogP contribution in [0, 0.1) is 17.0 Å². The standard InChI is InChI=1S/C21H19N3O5S/c1-15-7-2-3-8-16(15)14-22-21(25)19-11-4-5-12-20(19)23-30(28,29)18-10-6-9-17(13-18)24(26)27/h2-13,23H,14H2,1H3,(H,22,25). The van der Waals surface area contributed by atoms with Crippen molar-refractivity contribution in [1.82, 2.24) is 5.32 Å². The third-order valence-electron chi connectivity index (χ3n) is 4.46. The van der Waals surface area contributed by atoms with Crippen molar-refractivity contribution in [2.45, 2.75) is 18.4 Å². The van der Waals surface area contributed by atoms with Crippen molar-refractivity contribution in [1.29, 1.82) is 0 Å². The summed E-state index contributed by atoms with van der Waals surface area (Å²) in [7, 11) is -4.13. The van der Waals surface area contributed by atoms with Crippen LogP contribution in [-0.4, -0.2) is 19.2 Å². The molecule has 0 saturated heterocycles. The first-order valence-electron chi connectivity index (χ1n) is 8.97. The Morgan fingerprint density at radius 3 is 2.43 bits per heavy atom. The monoisotopic (exact) mass is 425 g/mol. The van der Waals surface area contributed by atoms with Crippen LogP contribution in [0.25, 0.3) is 0 Å². The van der Waals surface area contributed by atoms with Crippen molar-refractivity contribution in [3.63, 3.8) is 0 Å². The average Bonchev–Trinajstić information content (AvgIpc) is 2.73. The molecule has 30 heavy (non-hydrogen) atoms. The van der Waals surface area contributed by atoms with Gasteiger partial charge in [-0.25, -0.2) is 8.42 Å². The number of anilines is 1. The van der Waals surface area contributed by atoms with E-state index in [0.29, 0.717) is 0 Å². The molecule has 0 aromatic heterocycles. The molecule has 0 bridgehead atoms. The number of sulfonamides is 1. The van der Waals surface area contributed by atoms with Gasteiger partial charge in [-0.1, -0.05) is 42.5 Å². The van der Waals surface area contributed by atoms with Crippen LogP contribution in [0.5, 0.6) is 0 Å². The number of nitro benzene ring substituents is 1. The normalized spacial score (nSPS) is 11.0. The zero-order valence-electron chi connectivity index (χ0n) is 16.0. The Bertz CT molecular complexity index is 1210. The molecular formula is C21H19N3O5S. The molecule has 0 unspecified atom stereocenters. The molecule has 8 nitrogen and oxygen atoms in total. The number of para-hydroxylation sites is 1. The molecule has 9 heteroatoms. The van der Waals surface area contributed by atoms with Crippen LogP contribution in [0.15, 0.2) is 77.7 Å². The van der Waals surface area contributed by atoms with E-state index in [0.717, 1.165) is 17.2 Å². The molecule has 0 aliphatic heterocycles. The third-order valence-corrected chi connectivity index (χ3v) is 5.82. The average molecular weight is 425 g/mol. The number of carbonyl (C=O) groups is 1. The molecule has 3 aromatic carbocycles. The largest absolute Gasteiger partial charge is 0.348 e. The van der Waals surface area contributed by atoms with Gasteiger partial charge >= 0.3 is 0 Å². The Morgan fingerprint density at radius 1 is 1.00 bits per heavy atom. The van der Waals surface area contributed by atoms with Gasteiger partial charge in [-0.15, -0.1) is 0 Å². The molecule has 0 saturated carbocycles. The van der Waals surface area contributed by atoms with Crippen molar-refractivity contribution in [2.75, 3.05) is 4.72 Å². The number of benzene rings is 3. The SMILES string of the molecule is Cc1ccccc1CNC(=O)c1ccccc1NS(=O)(=O)c1cccc([N+](=O)[O-])c1. The summed E-state index contributed by atoms with van der Waals surface area (Å²) in [6, 6.07) is 18.5. The zero-order chi connectivity index (χ0) is 21.7. The molecule has 0 spiro atoms. The molecule has 2 N–H and O–H groups in total. The van der Waals surface area contributed by atoms with Crippen LogP contribution in [0.4, 0.5) is 11.4 Å². The molecule has 0 radical (unpaired) electrons. The molecule has 0 heterocycles. The first-order chi connectivity index (χ1) is 14.3. The van der Waals surface area contributed by atoms with Crippen molar-refractivity contribution in [3.8, 4) is 0 Å². The van der Waals surface area contributed by atoms with Gasteiger partial charge in [0, 0.05) is 18.7 Å². The predicted octanol–water partition coefficient (Wildman–Crippen LogP) is 3.63. The zero-order valence-corrected chi connectivity index (χ0v) is 16.8. The quantitative estimate of drug-likeness (QED) is 0.443.